The fraction of sp³-hybridized carbons (Fsp3) is 0.222. The number of carbonyl (C=O) groups excluding carboxylic acids is 1. The second-order valence-corrected chi connectivity index (χ2v) is 3.81. The maximum absolute atomic E-state index is 11.4. The molecule has 16 heavy (non-hydrogen) atoms. The highest BCUT2D eigenvalue weighted by molar-refractivity contribution is 9.08. The van der Waals surface area contributed by atoms with Crippen LogP contribution in [-0.4, -0.2) is 18.0 Å². The summed E-state index contributed by atoms with van der Waals surface area (Å²) in [6.45, 7) is 0. The second-order valence-electron chi connectivity index (χ2n) is 2.84. The SMILES string of the molecule is COC(=O)c1cc([N+](=O)[O-])c(Cl)cc1CBr. The molecule has 0 unspecified atom stereocenters. The Kier molecular flexibility index (Phi) is 4.26. The van der Waals surface area contributed by atoms with Gasteiger partial charge in [0.05, 0.1) is 17.6 Å². The van der Waals surface area contributed by atoms with Crippen molar-refractivity contribution in [3.63, 3.8) is 0 Å². The van der Waals surface area contributed by atoms with Gasteiger partial charge in [0.15, 0.2) is 0 Å². The van der Waals surface area contributed by atoms with E-state index in [4.69, 9.17) is 11.6 Å². The molecule has 0 fully saturated rings. The molecule has 86 valence electrons. The first-order chi connectivity index (χ1) is 7.51. The Morgan fingerprint density at radius 3 is 2.69 bits per heavy atom. The molecule has 0 aromatic heterocycles. The summed E-state index contributed by atoms with van der Waals surface area (Å²) in [6.07, 6.45) is 0. The van der Waals surface area contributed by atoms with E-state index in [-0.39, 0.29) is 16.3 Å². The predicted molar refractivity (Wildman–Crippen MR) is 62.1 cm³/mol. The van der Waals surface area contributed by atoms with Crippen LogP contribution in [0.5, 0.6) is 0 Å². The smallest absolute Gasteiger partial charge is 0.338 e. The van der Waals surface area contributed by atoms with Crippen molar-refractivity contribution in [1.29, 1.82) is 0 Å². The number of halogens is 2. The molecule has 0 atom stereocenters. The van der Waals surface area contributed by atoms with Crippen LogP contribution in [0.15, 0.2) is 12.1 Å². The Hall–Kier alpha value is -1.14. The lowest BCUT2D eigenvalue weighted by molar-refractivity contribution is -0.384. The molecule has 0 heterocycles. The number of hydrogen-bond donors (Lipinski definition) is 0. The minimum absolute atomic E-state index is 0.00731. The fourth-order valence-corrected chi connectivity index (χ4v) is 1.87. The highest BCUT2D eigenvalue weighted by atomic mass is 79.9. The van der Waals surface area contributed by atoms with Crippen LogP contribution < -0.4 is 0 Å². The summed E-state index contributed by atoms with van der Waals surface area (Å²) in [4.78, 5) is 21.4. The summed E-state index contributed by atoms with van der Waals surface area (Å²) in [6, 6.07) is 2.49. The molecule has 0 aliphatic carbocycles. The Labute approximate surface area is 105 Å². The Balaban J connectivity index is 3.40. The summed E-state index contributed by atoms with van der Waals surface area (Å²) in [5, 5.41) is 11.0. The molecule has 0 aliphatic rings. The van der Waals surface area contributed by atoms with Crippen molar-refractivity contribution in [3.8, 4) is 0 Å². The standard InChI is InChI=1S/C9H7BrClNO4/c1-16-9(13)6-3-8(12(14)15)7(11)2-5(6)4-10/h2-3H,4H2,1H3. The van der Waals surface area contributed by atoms with Gasteiger partial charge in [0.1, 0.15) is 5.02 Å². The Bertz CT molecular complexity index is 449. The van der Waals surface area contributed by atoms with Gasteiger partial charge in [-0.15, -0.1) is 0 Å². The highest BCUT2D eigenvalue weighted by Crippen LogP contribution is 2.29. The van der Waals surface area contributed by atoms with Crippen molar-refractivity contribution in [3.05, 3.63) is 38.4 Å². The summed E-state index contributed by atoms with van der Waals surface area (Å²) in [5.41, 5.74) is 0.365. The van der Waals surface area contributed by atoms with Crippen molar-refractivity contribution in [2.75, 3.05) is 7.11 Å². The van der Waals surface area contributed by atoms with Gasteiger partial charge < -0.3 is 4.74 Å². The zero-order valence-electron chi connectivity index (χ0n) is 8.20. The summed E-state index contributed by atoms with van der Waals surface area (Å²) in [5.74, 6) is -0.630. The number of nitro groups is 1. The Morgan fingerprint density at radius 1 is 1.62 bits per heavy atom. The van der Waals surface area contributed by atoms with Crippen molar-refractivity contribution in [1.82, 2.24) is 0 Å². The van der Waals surface area contributed by atoms with E-state index in [9.17, 15) is 14.9 Å². The molecule has 5 nitrogen and oxygen atoms in total. The molecule has 1 aromatic rings. The lowest BCUT2D eigenvalue weighted by Gasteiger charge is -2.06. The van der Waals surface area contributed by atoms with E-state index in [0.29, 0.717) is 10.9 Å². The van der Waals surface area contributed by atoms with Crippen LogP contribution in [0.3, 0.4) is 0 Å². The van der Waals surface area contributed by atoms with E-state index in [1.54, 1.807) is 0 Å². The number of alkyl halides is 1. The van der Waals surface area contributed by atoms with E-state index < -0.39 is 10.9 Å². The van der Waals surface area contributed by atoms with Gasteiger partial charge in [0.2, 0.25) is 0 Å². The third-order valence-electron chi connectivity index (χ3n) is 1.92. The number of carbonyl (C=O) groups is 1. The van der Waals surface area contributed by atoms with E-state index in [0.717, 1.165) is 6.07 Å². The van der Waals surface area contributed by atoms with Crippen LogP contribution in [0.1, 0.15) is 15.9 Å². The number of esters is 1. The minimum atomic E-state index is -0.646. The van der Waals surface area contributed by atoms with Crippen LogP contribution in [-0.2, 0) is 10.1 Å². The zero-order valence-corrected chi connectivity index (χ0v) is 10.5. The van der Waals surface area contributed by atoms with Gasteiger partial charge in [-0.05, 0) is 11.6 Å². The van der Waals surface area contributed by atoms with Gasteiger partial charge in [0.25, 0.3) is 5.69 Å². The van der Waals surface area contributed by atoms with E-state index in [2.05, 4.69) is 20.7 Å². The molecule has 0 bridgehead atoms. The van der Waals surface area contributed by atoms with Crippen molar-refractivity contribution in [2.45, 2.75) is 5.33 Å². The van der Waals surface area contributed by atoms with Crippen LogP contribution in [0.2, 0.25) is 5.02 Å². The maximum atomic E-state index is 11.4. The van der Waals surface area contributed by atoms with Gasteiger partial charge in [-0.3, -0.25) is 10.1 Å². The molecule has 0 saturated carbocycles. The fourth-order valence-electron chi connectivity index (χ4n) is 1.15. The first-order valence-electron chi connectivity index (χ1n) is 4.12. The first kappa shape index (κ1) is 12.9. The minimum Gasteiger partial charge on any atom is -0.465 e. The van der Waals surface area contributed by atoms with Crippen molar-refractivity contribution >= 4 is 39.2 Å². The maximum Gasteiger partial charge on any atom is 0.338 e. The van der Waals surface area contributed by atoms with Gasteiger partial charge in [-0.25, -0.2) is 4.79 Å². The lowest BCUT2D eigenvalue weighted by Crippen LogP contribution is -2.06. The van der Waals surface area contributed by atoms with Crippen molar-refractivity contribution < 1.29 is 14.5 Å². The monoisotopic (exact) mass is 307 g/mol. The third-order valence-corrected chi connectivity index (χ3v) is 2.83. The van der Waals surface area contributed by atoms with Gasteiger partial charge in [0, 0.05) is 11.4 Å². The molecule has 1 aromatic carbocycles. The molecule has 0 N–H and O–H groups in total. The lowest BCUT2D eigenvalue weighted by atomic mass is 10.1. The average Bonchev–Trinajstić information content (AvgIpc) is 2.27. The molecule has 0 radical (unpaired) electrons. The van der Waals surface area contributed by atoms with E-state index in [1.165, 1.54) is 13.2 Å². The number of nitro benzene ring substituents is 1. The van der Waals surface area contributed by atoms with Gasteiger partial charge in [-0.2, -0.15) is 0 Å². The number of rotatable bonds is 3. The highest BCUT2D eigenvalue weighted by Gasteiger charge is 2.20. The van der Waals surface area contributed by atoms with E-state index in [1.807, 2.05) is 0 Å². The Morgan fingerprint density at radius 2 is 2.25 bits per heavy atom. The topological polar surface area (TPSA) is 69.4 Å². The number of hydrogen-bond acceptors (Lipinski definition) is 4. The molecule has 0 aliphatic heterocycles. The quantitative estimate of drug-likeness (QED) is 0.372. The normalized spacial score (nSPS) is 9.94. The van der Waals surface area contributed by atoms with Gasteiger partial charge in [-0.1, -0.05) is 27.5 Å². The number of methoxy groups -OCH3 is 1. The average molecular weight is 309 g/mol. The summed E-state index contributed by atoms with van der Waals surface area (Å²) < 4.78 is 4.53. The number of ether oxygens (including phenoxy) is 1. The van der Waals surface area contributed by atoms with E-state index >= 15 is 0 Å². The predicted octanol–water partition coefficient (Wildman–Crippen LogP) is 2.93. The number of benzene rings is 1. The third kappa shape index (κ3) is 2.51. The molecule has 0 spiro atoms. The molecular formula is C9H7BrClNO4. The zero-order chi connectivity index (χ0) is 12.3. The molecule has 0 saturated heterocycles. The molecular weight excluding hydrogens is 301 g/mol. The van der Waals surface area contributed by atoms with Crippen LogP contribution in [0.4, 0.5) is 5.69 Å². The number of nitrogens with zero attached hydrogens (tertiary/aromatic N) is 1. The van der Waals surface area contributed by atoms with Crippen LogP contribution >= 0.6 is 27.5 Å². The van der Waals surface area contributed by atoms with Crippen LogP contribution in [0.25, 0.3) is 0 Å². The van der Waals surface area contributed by atoms with Gasteiger partial charge >= 0.3 is 5.97 Å². The second kappa shape index (κ2) is 5.27. The largest absolute Gasteiger partial charge is 0.465 e. The summed E-state index contributed by atoms with van der Waals surface area (Å²) in [7, 11) is 1.21. The first-order valence-corrected chi connectivity index (χ1v) is 5.62. The molecule has 1 rings (SSSR count). The van der Waals surface area contributed by atoms with Crippen LogP contribution in [0, 0.1) is 10.1 Å². The molecule has 0 amide bonds. The van der Waals surface area contributed by atoms with Crippen molar-refractivity contribution in [2.24, 2.45) is 0 Å². The summed E-state index contributed by atoms with van der Waals surface area (Å²) >= 11 is 8.87. The molecule has 7 heteroatoms.